The van der Waals surface area contributed by atoms with Crippen molar-refractivity contribution in [2.45, 2.75) is 25.6 Å². The van der Waals surface area contributed by atoms with Gasteiger partial charge in [0.1, 0.15) is 6.10 Å². The Bertz CT molecular complexity index is 746. The molecule has 0 spiro atoms. The van der Waals surface area contributed by atoms with Gasteiger partial charge in [-0.25, -0.2) is 0 Å². The van der Waals surface area contributed by atoms with Crippen LogP contribution < -0.4 is 9.47 Å². The van der Waals surface area contributed by atoms with Gasteiger partial charge in [-0.05, 0) is 24.6 Å². The van der Waals surface area contributed by atoms with E-state index in [9.17, 15) is 5.11 Å². The first-order chi connectivity index (χ1) is 12.6. The third-order valence-corrected chi connectivity index (χ3v) is 5.10. The molecular weight excluding hydrogens is 334 g/mol. The number of ether oxygens (including phenoxy) is 3. The first-order valence-electron chi connectivity index (χ1n) is 8.75. The first-order valence-corrected chi connectivity index (χ1v) is 8.75. The Labute approximate surface area is 154 Å². The fourth-order valence-corrected chi connectivity index (χ4v) is 3.50. The molecule has 0 aliphatic carbocycles. The molecule has 3 rings (SSSR count). The maximum atomic E-state index is 9.87. The summed E-state index contributed by atoms with van der Waals surface area (Å²) in [6, 6.07) is 5.79. The normalized spacial score (nSPS) is 21.0. The molecule has 2 heterocycles. The van der Waals surface area contributed by atoms with Crippen molar-refractivity contribution in [2.24, 2.45) is 7.05 Å². The van der Waals surface area contributed by atoms with Gasteiger partial charge in [0, 0.05) is 31.4 Å². The zero-order valence-corrected chi connectivity index (χ0v) is 15.8. The molecule has 7 heteroatoms. The lowest BCUT2D eigenvalue weighted by Crippen LogP contribution is -2.46. The molecule has 1 aliphatic heterocycles. The number of aliphatic hydroxyl groups excluding tert-OH is 1. The largest absolute Gasteiger partial charge is 0.493 e. The third-order valence-electron chi connectivity index (χ3n) is 5.10. The molecular formula is C19H27N3O4. The van der Waals surface area contributed by atoms with Crippen LogP contribution in [-0.4, -0.2) is 59.9 Å². The topological polar surface area (TPSA) is 69.0 Å². The molecule has 1 aliphatic rings. The van der Waals surface area contributed by atoms with E-state index < -0.39 is 0 Å². The molecule has 0 saturated carbocycles. The number of aliphatic hydroxyl groups is 1. The Morgan fingerprint density at radius 3 is 2.65 bits per heavy atom. The van der Waals surface area contributed by atoms with E-state index in [0.29, 0.717) is 18.1 Å². The molecule has 2 aromatic rings. The average molecular weight is 361 g/mol. The fourth-order valence-electron chi connectivity index (χ4n) is 3.50. The van der Waals surface area contributed by atoms with Gasteiger partial charge in [0.2, 0.25) is 0 Å². The molecule has 0 radical (unpaired) electrons. The van der Waals surface area contributed by atoms with Crippen LogP contribution in [0.1, 0.15) is 22.9 Å². The predicted molar refractivity (Wildman–Crippen MR) is 97.5 cm³/mol. The van der Waals surface area contributed by atoms with E-state index in [0.717, 1.165) is 24.3 Å². The molecule has 1 saturated heterocycles. The summed E-state index contributed by atoms with van der Waals surface area (Å²) in [6.07, 6.45) is 1.61. The van der Waals surface area contributed by atoms with Gasteiger partial charge in [0.15, 0.2) is 11.5 Å². The molecule has 0 unspecified atom stereocenters. The standard InChI is InChI=1S/C19H27N3O4/c1-13-15(10-20-21(13)2)11-22-7-8-26-18(12-23)19(22)14-5-6-16(24-3)17(9-14)25-4/h5-6,9-10,18-19,23H,7-8,11-12H2,1-4H3/t18-,19-/m1/s1. The number of morpholine rings is 1. The lowest BCUT2D eigenvalue weighted by molar-refractivity contribution is -0.0961. The van der Waals surface area contributed by atoms with Gasteiger partial charge >= 0.3 is 0 Å². The van der Waals surface area contributed by atoms with Crippen LogP contribution in [-0.2, 0) is 18.3 Å². The lowest BCUT2D eigenvalue weighted by atomic mass is 9.97. The second kappa shape index (κ2) is 8.07. The highest BCUT2D eigenvalue weighted by molar-refractivity contribution is 5.44. The molecule has 26 heavy (non-hydrogen) atoms. The molecule has 142 valence electrons. The number of hydrogen-bond acceptors (Lipinski definition) is 6. The van der Waals surface area contributed by atoms with E-state index in [2.05, 4.69) is 16.9 Å². The number of hydrogen-bond donors (Lipinski definition) is 1. The van der Waals surface area contributed by atoms with E-state index in [1.807, 2.05) is 36.1 Å². The maximum absolute atomic E-state index is 9.87. The second-order valence-electron chi connectivity index (χ2n) is 6.50. The van der Waals surface area contributed by atoms with Crippen LogP contribution in [0.4, 0.5) is 0 Å². The zero-order valence-electron chi connectivity index (χ0n) is 15.8. The van der Waals surface area contributed by atoms with Crippen LogP contribution in [0.25, 0.3) is 0 Å². The number of benzene rings is 1. The van der Waals surface area contributed by atoms with Crippen molar-refractivity contribution in [3.8, 4) is 11.5 Å². The minimum Gasteiger partial charge on any atom is -0.493 e. The highest BCUT2D eigenvalue weighted by atomic mass is 16.5. The summed E-state index contributed by atoms with van der Waals surface area (Å²) < 4.78 is 18.5. The Morgan fingerprint density at radius 2 is 2.04 bits per heavy atom. The van der Waals surface area contributed by atoms with Crippen molar-refractivity contribution in [1.82, 2.24) is 14.7 Å². The number of nitrogens with zero attached hydrogens (tertiary/aromatic N) is 3. The van der Waals surface area contributed by atoms with Crippen LogP contribution in [0, 0.1) is 6.92 Å². The molecule has 7 nitrogen and oxygen atoms in total. The lowest BCUT2D eigenvalue weighted by Gasteiger charge is -2.41. The smallest absolute Gasteiger partial charge is 0.161 e. The number of aryl methyl sites for hydroxylation is 1. The van der Waals surface area contributed by atoms with Gasteiger partial charge in [-0.15, -0.1) is 0 Å². The Balaban J connectivity index is 1.94. The highest BCUT2D eigenvalue weighted by Crippen LogP contribution is 2.36. The van der Waals surface area contributed by atoms with Crippen LogP contribution in [0.3, 0.4) is 0 Å². The monoisotopic (exact) mass is 361 g/mol. The maximum Gasteiger partial charge on any atom is 0.161 e. The molecule has 1 N–H and O–H groups in total. The van der Waals surface area contributed by atoms with Crippen molar-refractivity contribution in [3.05, 3.63) is 41.2 Å². The quantitative estimate of drug-likeness (QED) is 0.844. The van der Waals surface area contributed by atoms with Crippen LogP contribution in [0.5, 0.6) is 11.5 Å². The van der Waals surface area contributed by atoms with Crippen molar-refractivity contribution in [3.63, 3.8) is 0 Å². The summed E-state index contributed by atoms with van der Waals surface area (Å²) >= 11 is 0. The summed E-state index contributed by atoms with van der Waals surface area (Å²) in [5.74, 6) is 1.35. The number of methoxy groups -OCH3 is 2. The summed E-state index contributed by atoms with van der Waals surface area (Å²) in [4.78, 5) is 2.33. The zero-order chi connectivity index (χ0) is 18.7. The fraction of sp³-hybridized carbons (Fsp3) is 0.526. The molecule has 0 bridgehead atoms. The average Bonchev–Trinajstić information content (AvgIpc) is 2.99. The predicted octanol–water partition coefficient (Wildman–Crippen LogP) is 1.68. The van der Waals surface area contributed by atoms with Gasteiger partial charge in [0.25, 0.3) is 0 Å². The highest BCUT2D eigenvalue weighted by Gasteiger charge is 2.34. The SMILES string of the molecule is COc1ccc([C@@H]2[C@@H](CO)OCCN2Cc2cnn(C)c2C)cc1OC. The summed E-state index contributed by atoms with van der Waals surface area (Å²) in [5, 5.41) is 14.2. The van der Waals surface area contributed by atoms with Crippen molar-refractivity contribution < 1.29 is 19.3 Å². The molecule has 1 aromatic heterocycles. The Morgan fingerprint density at radius 1 is 1.27 bits per heavy atom. The third kappa shape index (κ3) is 3.56. The first kappa shape index (κ1) is 18.7. The molecule has 2 atom stereocenters. The van der Waals surface area contributed by atoms with Gasteiger partial charge in [-0.2, -0.15) is 5.10 Å². The number of aromatic nitrogens is 2. The Hall–Kier alpha value is -2.09. The second-order valence-corrected chi connectivity index (χ2v) is 6.50. The van der Waals surface area contributed by atoms with Gasteiger partial charge in [-0.1, -0.05) is 6.07 Å². The van der Waals surface area contributed by atoms with Gasteiger partial charge < -0.3 is 19.3 Å². The molecule has 0 amide bonds. The molecule has 1 aromatic carbocycles. The van der Waals surface area contributed by atoms with Crippen molar-refractivity contribution in [2.75, 3.05) is 34.0 Å². The van der Waals surface area contributed by atoms with Crippen LogP contribution >= 0.6 is 0 Å². The van der Waals surface area contributed by atoms with Crippen molar-refractivity contribution >= 4 is 0 Å². The van der Waals surface area contributed by atoms with E-state index >= 15 is 0 Å². The summed E-state index contributed by atoms with van der Waals surface area (Å²) in [6.45, 7) is 4.15. The number of rotatable bonds is 6. The van der Waals surface area contributed by atoms with E-state index in [1.165, 1.54) is 5.56 Å². The minimum atomic E-state index is -0.293. The van der Waals surface area contributed by atoms with Crippen LogP contribution in [0.15, 0.2) is 24.4 Å². The van der Waals surface area contributed by atoms with E-state index in [-0.39, 0.29) is 18.8 Å². The summed E-state index contributed by atoms with van der Waals surface area (Å²) in [5.41, 5.74) is 3.35. The van der Waals surface area contributed by atoms with Crippen LogP contribution in [0.2, 0.25) is 0 Å². The van der Waals surface area contributed by atoms with Gasteiger partial charge in [-0.3, -0.25) is 9.58 Å². The van der Waals surface area contributed by atoms with E-state index in [1.54, 1.807) is 14.2 Å². The minimum absolute atomic E-state index is 0.0401. The summed E-state index contributed by atoms with van der Waals surface area (Å²) in [7, 11) is 5.19. The van der Waals surface area contributed by atoms with Gasteiger partial charge in [0.05, 0.1) is 39.7 Å². The molecule has 1 fully saturated rings. The van der Waals surface area contributed by atoms with E-state index in [4.69, 9.17) is 14.2 Å². The Kier molecular flexibility index (Phi) is 5.80. The van der Waals surface area contributed by atoms with Crippen molar-refractivity contribution in [1.29, 1.82) is 0 Å².